The van der Waals surface area contributed by atoms with Gasteiger partial charge in [-0.2, -0.15) is 0 Å². The first-order chi connectivity index (χ1) is 8.17. The zero-order valence-corrected chi connectivity index (χ0v) is 10.3. The van der Waals surface area contributed by atoms with Crippen LogP contribution < -0.4 is 10.5 Å². The molecule has 0 bridgehead atoms. The standard InChI is InChI=1S/C12H19N3O2/c1-3-4-9(2)8-17-11-6-5-10(7-14-11)12(13)15-16/h5-7,9,16H,3-4,8H2,1-2H3,(H2,13,15). The minimum absolute atomic E-state index is 0.0448. The molecule has 94 valence electrons. The van der Waals surface area contributed by atoms with Crippen molar-refractivity contribution >= 4 is 5.84 Å². The van der Waals surface area contributed by atoms with Crippen LogP contribution in [-0.4, -0.2) is 22.6 Å². The fourth-order valence-electron chi connectivity index (χ4n) is 1.48. The Morgan fingerprint density at radius 1 is 1.59 bits per heavy atom. The first-order valence-corrected chi connectivity index (χ1v) is 5.74. The number of aromatic nitrogens is 1. The highest BCUT2D eigenvalue weighted by molar-refractivity contribution is 5.96. The Bertz CT molecular complexity index is 363. The summed E-state index contributed by atoms with van der Waals surface area (Å²) in [6.45, 7) is 4.96. The number of nitrogens with zero attached hydrogens (tertiary/aromatic N) is 2. The lowest BCUT2D eigenvalue weighted by Gasteiger charge is -2.11. The third-order valence-electron chi connectivity index (χ3n) is 2.44. The Hall–Kier alpha value is -1.78. The predicted octanol–water partition coefficient (Wildman–Crippen LogP) is 1.99. The van der Waals surface area contributed by atoms with Crippen molar-refractivity contribution in [3.05, 3.63) is 23.9 Å². The van der Waals surface area contributed by atoms with Gasteiger partial charge in [-0.3, -0.25) is 0 Å². The number of amidine groups is 1. The molecule has 1 aromatic rings. The van der Waals surface area contributed by atoms with Crippen molar-refractivity contribution in [1.82, 2.24) is 4.98 Å². The van der Waals surface area contributed by atoms with Gasteiger partial charge in [0, 0.05) is 17.8 Å². The molecule has 1 aromatic heterocycles. The number of ether oxygens (including phenoxy) is 1. The highest BCUT2D eigenvalue weighted by atomic mass is 16.5. The maximum absolute atomic E-state index is 8.50. The lowest BCUT2D eigenvalue weighted by atomic mass is 10.1. The molecule has 1 heterocycles. The smallest absolute Gasteiger partial charge is 0.213 e. The average Bonchev–Trinajstić information content (AvgIpc) is 2.36. The maximum Gasteiger partial charge on any atom is 0.213 e. The molecule has 0 aliphatic heterocycles. The highest BCUT2D eigenvalue weighted by Gasteiger charge is 2.04. The van der Waals surface area contributed by atoms with E-state index in [1.54, 1.807) is 12.1 Å². The van der Waals surface area contributed by atoms with Gasteiger partial charge in [-0.05, 0) is 18.4 Å². The monoisotopic (exact) mass is 237 g/mol. The van der Waals surface area contributed by atoms with Crippen molar-refractivity contribution in [2.75, 3.05) is 6.61 Å². The second-order valence-corrected chi connectivity index (χ2v) is 4.08. The third-order valence-corrected chi connectivity index (χ3v) is 2.44. The molecule has 17 heavy (non-hydrogen) atoms. The molecule has 1 unspecified atom stereocenters. The minimum atomic E-state index is 0.0448. The van der Waals surface area contributed by atoms with Crippen molar-refractivity contribution in [3.63, 3.8) is 0 Å². The molecule has 0 saturated heterocycles. The van der Waals surface area contributed by atoms with Crippen molar-refractivity contribution in [3.8, 4) is 5.88 Å². The van der Waals surface area contributed by atoms with Crippen LogP contribution in [0.15, 0.2) is 23.5 Å². The van der Waals surface area contributed by atoms with Crippen molar-refractivity contribution < 1.29 is 9.94 Å². The number of pyridine rings is 1. The van der Waals surface area contributed by atoms with Gasteiger partial charge in [-0.15, -0.1) is 0 Å². The van der Waals surface area contributed by atoms with Gasteiger partial charge in [0.25, 0.3) is 0 Å². The van der Waals surface area contributed by atoms with E-state index in [0.717, 1.165) is 12.8 Å². The molecule has 0 fully saturated rings. The third kappa shape index (κ3) is 4.30. The predicted molar refractivity (Wildman–Crippen MR) is 66.3 cm³/mol. The van der Waals surface area contributed by atoms with Crippen molar-refractivity contribution in [1.29, 1.82) is 0 Å². The molecule has 1 rings (SSSR count). The van der Waals surface area contributed by atoms with Crippen LogP contribution in [0.2, 0.25) is 0 Å². The van der Waals surface area contributed by atoms with Gasteiger partial charge in [0.05, 0.1) is 6.61 Å². The maximum atomic E-state index is 8.50. The van der Waals surface area contributed by atoms with Crippen LogP contribution in [0.1, 0.15) is 32.3 Å². The second-order valence-electron chi connectivity index (χ2n) is 4.08. The Kier molecular flexibility index (Phi) is 5.26. The van der Waals surface area contributed by atoms with E-state index in [9.17, 15) is 0 Å². The fourth-order valence-corrected chi connectivity index (χ4v) is 1.48. The molecule has 3 N–H and O–H groups in total. The van der Waals surface area contributed by atoms with E-state index in [0.29, 0.717) is 24.0 Å². The summed E-state index contributed by atoms with van der Waals surface area (Å²) in [4.78, 5) is 4.09. The van der Waals surface area contributed by atoms with E-state index in [4.69, 9.17) is 15.7 Å². The Morgan fingerprint density at radius 2 is 2.35 bits per heavy atom. The molecule has 0 saturated carbocycles. The van der Waals surface area contributed by atoms with E-state index < -0.39 is 0 Å². The van der Waals surface area contributed by atoms with Crippen LogP contribution in [0, 0.1) is 5.92 Å². The first-order valence-electron chi connectivity index (χ1n) is 5.74. The van der Waals surface area contributed by atoms with Gasteiger partial charge in [0.15, 0.2) is 5.84 Å². The molecule has 0 aliphatic carbocycles. The molecule has 5 nitrogen and oxygen atoms in total. The van der Waals surface area contributed by atoms with E-state index in [-0.39, 0.29) is 5.84 Å². The summed E-state index contributed by atoms with van der Waals surface area (Å²) < 4.78 is 5.53. The molecule has 1 atom stereocenters. The normalized spacial score (nSPS) is 13.4. The molecule has 5 heteroatoms. The van der Waals surface area contributed by atoms with Gasteiger partial charge in [0.2, 0.25) is 5.88 Å². The van der Waals surface area contributed by atoms with Crippen LogP contribution in [0.4, 0.5) is 0 Å². The average molecular weight is 237 g/mol. The van der Waals surface area contributed by atoms with Crippen LogP contribution in [0.5, 0.6) is 5.88 Å². The molecule has 0 amide bonds. The van der Waals surface area contributed by atoms with Crippen molar-refractivity contribution in [2.24, 2.45) is 16.8 Å². The largest absolute Gasteiger partial charge is 0.477 e. The number of hydrogen-bond acceptors (Lipinski definition) is 4. The summed E-state index contributed by atoms with van der Waals surface area (Å²) in [5.74, 6) is 1.12. The summed E-state index contributed by atoms with van der Waals surface area (Å²) >= 11 is 0. The topological polar surface area (TPSA) is 80.7 Å². The Balaban J connectivity index is 2.51. The molecule has 0 radical (unpaired) electrons. The van der Waals surface area contributed by atoms with Gasteiger partial charge in [0.1, 0.15) is 0 Å². The van der Waals surface area contributed by atoms with Crippen LogP contribution in [-0.2, 0) is 0 Å². The van der Waals surface area contributed by atoms with E-state index >= 15 is 0 Å². The van der Waals surface area contributed by atoms with Gasteiger partial charge >= 0.3 is 0 Å². The summed E-state index contributed by atoms with van der Waals surface area (Å²) in [5, 5.41) is 11.4. The van der Waals surface area contributed by atoms with Crippen molar-refractivity contribution in [2.45, 2.75) is 26.7 Å². The summed E-state index contributed by atoms with van der Waals surface area (Å²) in [5.41, 5.74) is 6.00. The summed E-state index contributed by atoms with van der Waals surface area (Å²) in [6, 6.07) is 3.42. The number of hydrogen-bond donors (Lipinski definition) is 2. The first kappa shape index (κ1) is 13.3. The number of oxime groups is 1. The minimum Gasteiger partial charge on any atom is -0.477 e. The molecular weight excluding hydrogens is 218 g/mol. The number of nitrogens with two attached hydrogens (primary N) is 1. The molecule has 0 aliphatic rings. The molecule has 0 aromatic carbocycles. The zero-order valence-electron chi connectivity index (χ0n) is 10.3. The van der Waals surface area contributed by atoms with Gasteiger partial charge < -0.3 is 15.7 Å². The molecule has 0 spiro atoms. The van der Waals surface area contributed by atoms with E-state index in [1.807, 2.05) is 0 Å². The van der Waals surface area contributed by atoms with E-state index in [2.05, 4.69) is 24.0 Å². The van der Waals surface area contributed by atoms with Crippen LogP contribution >= 0.6 is 0 Å². The fraction of sp³-hybridized carbons (Fsp3) is 0.500. The Morgan fingerprint density at radius 3 is 2.88 bits per heavy atom. The molecular formula is C12H19N3O2. The number of rotatable bonds is 6. The lowest BCUT2D eigenvalue weighted by molar-refractivity contribution is 0.243. The van der Waals surface area contributed by atoms with E-state index in [1.165, 1.54) is 6.20 Å². The quantitative estimate of drug-likeness (QED) is 0.343. The summed E-state index contributed by atoms with van der Waals surface area (Å²) in [7, 11) is 0. The van der Waals surface area contributed by atoms with Gasteiger partial charge in [-0.25, -0.2) is 4.98 Å². The van der Waals surface area contributed by atoms with Gasteiger partial charge in [-0.1, -0.05) is 25.4 Å². The van der Waals surface area contributed by atoms with Crippen LogP contribution in [0.25, 0.3) is 0 Å². The second kappa shape index (κ2) is 6.73. The van der Waals surface area contributed by atoms with Crippen LogP contribution in [0.3, 0.4) is 0 Å². The SMILES string of the molecule is CCCC(C)COc1ccc(/C(N)=N/O)cn1. The zero-order chi connectivity index (χ0) is 12.7. The lowest BCUT2D eigenvalue weighted by Crippen LogP contribution is -2.14. The highest BCUT2D eigenvalue weighted by Crippen LogP contribution is 2.11. The summed E-state index contributed by atoms with van der Waals surface area (Å²) in [6.07, 6.45) is 3.82. The Labute approximate surface area is 101 Å².